The van der Waals surface area contributed by atoms with Gasteiger partial charge in [-0.25, -0.2) is 4.98 Å². The minimum atomic E-state index is -0.815. The molecule has 160 valence electrons. The number of hydrogen-bond acceptors (Lipinski definition) is 5. The zero-order valence-electron chi connectivity index (χ0n) is 16.1. The predicted octanol–water partition coefficient (Wildman–Crippen LogP) is 4.34. The largest absolute Gasteiger partial charge is 0.374 e. The predicted molar refractivity (Wildman–Crippen MR) is 119 cm³/mol. The first-order chi connectivity index (χ1) is 14.8. The Hall–Kier alpha value is -2.16. The van der Waals surface area contributed by atoms with Gasteiger partial charge < -0.3 is 10.4 Å². The summed E-state index contributed by atoms with van der Waals surface area (Å²) in [5, 5.41) is 14.1. The Labute approximate surface area is 192 Å². The minimum absolute atomic E-state index is 0.00186. The van der Waals surface area contributed by atoms with Crippen molar-refractivity contribution in [3.05, 3.63) is 56.8 Å². The molecule has 10 heteroatoms. The number of benzene rings is 1. The number of aromatic nitrogens is 2. The Bertz CT molecular complexity index is 1210. The molecular formula is C21H17Cl3N4O3. The van der Waals surface area contributed by atoms with E-state index in [0.717, 1.165) is 25.9 Å². The monoisotopic (exact) mass is 478 g/mol. The van der Waals surface area contributed by atoms with Gasteiger partial charge in [0.25, 0.3) is 5.91 Å². The summed E-state index contributed by atoms with van der Waals surface area (Å²) in [6.07, 6.45) is 3.85. The Morgan fingerprint density at radius 1 is 1.13 bits per heavy atom. The lowest BCUT2D eigenvalue weighted by Gasteiger charge is -2.15. The van der Waals surface area contributed by atoms with Gasteiger partial charge in [-0.2, -0.15) is 0 Å². The summed E-state index contributed by atoms with van der Waals surface area (Å²) >= 11 is 19.2. The standard InChI is InChI=1S/C21H17Cl3N4O3/c22-12-7-11(20(30)27-5-6-27)8-13(23)16(12)21(31)28-9-14(24)17-15(28)3-4-25-18(17)26-19(29)10-1-2-10/h3-4,7-10,20,30H,1-2,5-6H2,(H,25,26,29). The Kier molecular flexibility index (Phi) is 5.19. The smallest absolute Gasteiger partial charge is 0.265 e. The van der Waals surface area contributed by atoms with E-state index in [1.807, 2.05) is 4.90 Å². The molecule has 1 atom stereocenters. The zero-order valence-corrected chi connectivity index (χ0v) is 18.4. The van der Waals surface area contributed by atoms with Gasteiger partial charge in [0.05, 0.1) is 31.5 Å². The van der Waals surface area contributed by atoms with Crippen LogP contribution in [0.25, 0.3) is 10.9 Å². The molecule has 2 fully saturated rings. The summed E-state index contributed by atoms with van der Waals surface area (Å²) in [6.45, 7) is 1.58. The van der Waals surface area contributed by atoms with E-state index in [9.17, 15) is 14.7 Å². The number of fused-ring (bicyclic) bond motifs is 1. The lowest BCUT2D eigenvalue weighted by Crippen LogP contribution is -2.15. The van der Waals surface area contributed by atoms with Gasteiger partial charge in [0.2, 0.25) is 5.91 Å². The first-order valence-corrected chi connectivity index (χ1v) is 10.9. The molecule has 2 aliphatic rings. The maximum absolute atomic E-state index is 13.3. The number of nitrogens with one attached hydrogen (secondary N) is 1. The quantitative estimate of drug-likeness (QED) is 0.532. The van der Waals surface area contributed by atoms with E-state index in [4.69, 9.17) is 34.8 Å². The van der Waals surface area contributed by atoms with E-state index in [-0.39, 0.29) is 32.5 Å². The summed E-state index contributed by atoms with van der Waals surface area (Å²) in [5.74, 6) is -0.287. The van der Waals surface area contributed by atoms with Crippen LogP contribution in [0, 0.1) is 5.92 Å². The number of carbonyl (C=O) groups is 2. The lowest BCUT2D eigenvalue weighted by molar-refractivity contribution is -0.117. The van der Waals surface area contributed by atoms with E-state index in [1.165, 1.54) is 17.0 Å². The van der Waals surface area contributed by atoms with Crippen molar-refractivity contribution in [3.63, 3.8) is 0 Å². The topological polar surface area (TPSA) is 87.2 Å². The van der Waals surface area contributed by atoms with Crippen LogP contribution in [-0.4, -0.2) is 44.5 Å². The normalized spacial score (nSPS) is 17.0. The highest BCUT2D eigenvalue weighted by Crippen LogP contribution is 2.37. The van der Waals surface area contributed by atoms with Gasteiger partial charge in [-0.05, 0) is 36.6 Å². The third-order valence-corrected chi connectivity index (χ3v) is 6.37. The van der Waals surface area contributed by atoms with Crippen molar-refractivity contribution < 1.29 is 14.7 Å². The number of rotatable bonds is 5. The maximum atomic E-state index is 13.3. The Morgan fingerprint density at radius 2 is 1.81 bits per heavy atom. The number of hydrogen-bond donors (Lipinski definition) is 2. The second-order valence-corrected chi connectivity index (χ2v) is 8.96. The van der Waals surface area contributed by atoms with Crippen molar-refractivity contribution >= 4 is 63.3 Å². The Balaban J connectivity index is 1.53. The van der Waals surface area contributed by atoms with Gasteiger partial charge in [-0.15, -0.1) is 0 Å². The van der Waals surface area contributed by atoms with Crippen LogP contribution in [-0.2, 0) is 4.79 Å². The molecular weight excluding hydrogens is 463 g/mol. The molecule has 1 saturated carbocycles. The summed E-state index contributed by atoms with van der Waals surface area (Å²) in [5.41, 5.74) is 1.09. The van der Waals surface area contributed by atoms with Crippen LogP contribution in [0.3, 0.4) is 0 Å². The van der Waals surface area contributed by atoms with Gasteiger partial charge in [-0.3, -0.25) is 19.1 Å². The highest BCUT2D eigenvalue weighted by Gasteiger charge is 2.31. The number of pyridine rings is 1. The molecule has 1 amide bonds. The second-order valence-electron chi connectivity index (χ2n) is 7.74. The fourth-order valence-electron chi connectivity index (χ4n) is 3.54. The van der Waals surface area contributed by atoms with Crippen LogP contribution in [0.2, 0.25) is 15.1 Å². The van der Waals surface area contributed by atoms with Crippen molar-refractivity contribution in [1.29, 1.82) is 0 Å². The number of amides is 1. The summed E-state index contributed by atoms with van der Waals surface area (Å²) in [6, 6.07) is 4.71. The molecule has 7 nitrogen and oxygen atoms in total. The van der Waals surface area contributed by atoms with Crippen molar-refractivity contribution in [3.8, 4) is 0 Å². The summed E-state index contributed by atoms with van der Waals surface area (Å²) < 4.78 is 1.33. The molecule has 1 saturated heterocycles. The highest BCUT2D eigenvalue weighted by atomic mass is 35.5. The molecule has 31 heavy (non-hydrogen) atoms. The molecule has 0 bridgehead atoms. The number of aliphatic hydroxyl groups is 1. The first-order valence-electron chi connectivity index (χ1n) is 9.77. The van der Waals surface area contributed by atoms with Crippen LogP contribution in [0.15, 0.2) is 30.6 Å². The lowest BCUT2D eigenvalue weighted by atomic mass is 10.1. The van der Waals surface area contributed by atoms with E-state index in [2.05, 4.69) is 10.3 Å². The van der Waals surface area contributed by atoms with Gasteiger partial charge in [-0.1, -0.05) is 34.8 Å². The number of halogens is 3. The molecule has 1 aliphatic heterocycles. The summed E-state index contributed by atoms with van der Waals surface area (Å²) in [4.78, 5) is 31.6. The van der Waals surface area contributed by atoms with E-state index < -0.39 is 12.1 Å². The average molecular weight is 480 g/mol. The van der Waals surface area contributed by atoms with Gasteiger partial charge >= 0.3 is 0 Å². The molecule has 0 radical (unpaired) electrons. The fourth-order valence-corrected chi connectivity index (χ4v) is 4.49. The Morgan fingerprint density at radius 3 is 2.42 bits per heavy atom. The molecule has 3 heterocycles. The third-order valence-electron chi connectivity index (χ3n) is 5.48. The van der Waals surface area contributed by atoms with Crippen LogP contribution in [0.1, 0.15) is 35.0 Å². The number of carbonyl (C=O) groups excluding carboxylic acids is 2. The van der Waals surface area contributed by atoms with E-state index in [0.29, 0.717) is 22.3 Å². The van der Waals surface area contributed by atoms with Crippen LogP contribution < -0.4 is 5.32 Å². The van der Waals surface area contributed by atoms with E-state index in [1.54, 1.807) is 18.2 Å². The average Bonchev–Trinajstić information content (AvgIpc) is 3.64. The minimum Gasteiger partial charge on any atom is -0.374 e. The first kappa shape index (κ1) is 20.7. The highest BCUT2D eigenvalue weighted by molar-refractivity contribution is 6.41. The zero-order chi connectivity index (χ0) is 21.9. The van der Waals surface area contributed by atoms with Crippen LogP contribution in [0.4, 0.5) is 5.82 Å². The number of anilines is 1. The van der Waals surface area contributed by atoms with Crippen LogP contribution >= 0.6 is 34.8 Å². The number of nitrogens with zero attached hydrogens (tertiary/aromatic N) is 3. The SMILES string of the molecule is O=C(Nc1nccc2c1c(Cl)cn2C(=O)c1c(Cl)cc(C(O)N2CC2)cc1Cl)C1CC1. The van der Waals surface area contributed by atoms with Crippen molar-refractivity contribution in [2.45, 2.75) is 19.1 Å². The fraction of sp³-hybridized carbons (Fsp3) is 0.286. The molecule has 5 rings (SSSR count). The van der Waals surface area contributed by atoms with E-state index >= 15 is 0 Å². The molecule has 0 spiro atoms. The molecule has 2 aromatic heterocycles. The van der Waals surface area contributed by atoms with Gasteiger partial charge in [0, 0.05) is 31.4 Å². The van der Waals surface area contributed by atoms with Crippen molar-refractivity contribution in [2.75, 3.05) is 18.4 Å². The maximum Gasteiger partial charge on any atom is 0.265 e. The number of aliphatic hydroxyl groups excluding tert-OH is 1. The third kappa shape index (κ3) is 3.81. The van der Waals surface area contributed by atoms with Gasteiger partial charge in [0.1, 0.15) is 12.0 Å². The van der Waals surface area contributed by atoms with Crippen molar-refractivity contribution in [1.82, 2.24) is 14.5 Å². The van der Waals surface area contributed by atoms with Gasteiger partial charge in [0.15, 0.2) is 0 Å². The molecule has 1 aliphatic carbocycles. The molecule has 2 N–H and O–H groups in total. The molecule has 1 unspecified atom stereocenters. The molecule has 3 aromatic rings. The van der Waals surface area contributed by atoms with Crippen molar-refractivity contribution in [2.24, 2.45) is 5.92 Å². The van der Waals surface area contributed by atoms with Crippen LogP contribution in [0.5, 0.6) is 0 Å². The second kappa shape index (κ2) is 7.76. The molecule has 1 aromatic carbocycles. The summed E-state index contributed by atoms with van der Waals surface area (Å²) in [7, 11) is 0.